The van der Waals surface area contributed by atoms with Gasteiger partial charge in [0.1, 0.15) is 0 Å². The highest BCUT2D eigenvalue weighted by Gasteiger charge is 2.32. The molecule has 2 aromatic rings. The van der Waals surface area contributed by atoms with Gasteiger partial charge < -0.3 is 14.8 Å². The molecule has 2 atom stereocenters. The quantitative estimate of drug-likeness (QED) is 0.750. The number of thiophene rings is 1. The Morgan fingerprint density at radius 1 is 1.30 bits per heavy atom. The number of likely N-dealkylation sites (tertiary alicyclic amines) is 1. The maximum Gasteiger partial charge on any atom is 0.237 e. The van der Waals surface area contributed by atoms with E-state index >= 15 is 0 Å². The molecule has 146 valence electrons. The number of nitrogens with one attached hydrogen (secondary N) is 1. The second-order valence-corrected chi connectivity index (χ2v) is 7.64. The lowest BCUT2D eigenvalue weighted by molar-refractivity contribution is -0.126. The molecule has 5 nitrogen and oxygen atoms in total. The SMILES string of the molecule is COc1ccc(CCNC(=O)[C@H](C)N2CCC[C@@H]2c2ccsc2)cc1OC. The molecular formula is C21H28N2O3S. The molecule has 0 aliphatic carbocycles. The van der Waals surface area contributed by atoms with Crippen LogP contribution in [0.3, 0.4) is 0 Å². The van der Waals surface area contributed by atoms with E-state index in [1.165, 1.54) is 5.56 Å². The molecule has 1 aromatic carbocycles. The van der Waals surface area contributed by atoms with Crippen LogP contribution < -0.4 is 14.8 Å². The smallest absolute Gasteiger partial charge is 0.237 e. The zero-order valence-corrected chi connectivity index (χ0v) is 17.1. The molecule has 1 aliphatic rings. The third kappa shape index (κ3) is 4.62. The van der Waals surface area contributed by atoms with Gasteiger partial charge in [-0.15, -0.1) is 0 Å². The summed E-state index contributed by atoms with van der Waals surface area (Å²) >= 11 is 1.72. The highest BCUT2D eigenvalue weighted by atomic mass is 32.1. The Labute approximate surface area is 165 Å². The third-order valence-electron chi connectivity index (χ3n) is 5.26. The van der Waals surface area contributed by atoms with Crippen LogP contribution in [0, 0.1) is 0 Å². The summed E-state index contributed by atoms with van der Waals surface area (Å²) in [6, 6.07) is 8.28. The molecule has 2 heterocycles. The Balaban J connectivity index is 1.53. The molecule has 1 saturated heterocycles. The standard InChI is InChI=1S/C21H28N2O3S/c1-15(23-11-4-5-18(23)17-9-12-27-14-17)21(24)22-10-8-16-6-7-19(25-2)20(13-16)26-3/h6-7,9,12-15,18H,4-5,8,10-11H2,1-3H3,(H,22,24)/t15-,18+/m0/s1. The first-order valence-corrected chi connectivity index (χ1v) is 10.3. The Bertz CT molecular complexity index is 748. The van der Waals surface area contributed by atoms with Gasteiger partial charge in [-0.2, -0.15) is 11.3 Å². The average Bonchev–Trinajstić information content (AvgIpc) is 3.38. The molecule has 0 radical (unpaired) electrons. The van der Waals surface area contributed by atoms with Crippen molar-refractivity contribution >= 4 is 17.2 Å². The summed E-state index contributed by atoms with van der Waals surface area (Å²) in [6.07, 6.45) is 3.02. The summed E-state index contributed by atoms with van der Waals surface area (Å²) in [5.41, 5.74) is 2.44. The van der Waals surface area contributed by atoms with Crippen LogP contribution in [-0.4, -0.2) is 44.2 Å². The van der Waals surface area contributed by atoms with Gasteiger partial charge in [-0.25, -0.2) is 0 Å². The zero-order chi connectivity index (χ0) is 19.2. The summed E-state index contributed by atoms with van der Waals surface area (Å²) < 4.78 is 10.6. The van der Waals surface area contributed by atoms with Crippen LogP contribution in [0.15, 0.2) is 35.0 Å². The molecule has 0 unspecified atom stereocenters. The van der Waals surface area contributed by atoms with E-state index in [1.54, 1.807) is 25.6 Å². The molecule has 1 amide bonds. The largest absolute Gasteiger partial charge is 0.493 e. The van der Waals surface area contributed by atoms with Gasteiger partial charge in [0.05, 0.1) is 20.3 Å². The van der Waals surface area contributed by atoms with Crippen molar-refractivity contribution in [1.29, 1.82) is 0 Å². The molecule has 27 heavy (non-hydrogen) atoms. The van der Waals surface area contributed by atoms with Crippen molar-refractivity contribution in [3.05, 3.63) is 46.2 Å². The molecule has 0 spiro atoms. The number of methoxy groups -OCH3 is 2. The minimum absolute atomic E-state index is 0.0950. The Hall–Kier alpha value is -2.05. The summed E-state index contributed by atoms with van der Waals surface area (Å²) in [5.74, 6) is 1.52. The molecular weight excluding hydrogens is 360 g/mol. The number of rotatable bonds is 8. The molecule has 3 rings (SSSR count). The van der Waals surface area contributed by atoms with Crippen LogP contribution in [-0.2, 0) is 11.2 Å². The van der Waals surface area contributed by atoms with Gasteiger partial charge in [-0.05, 0) is 72.8 Å². The van der Waals surface area contributed by atoms with Crippen molar-refractivity contribution in [2.75, 3.05) is 27.3 Å². The monoisotopic (exact) mass is 388 g/mol. The van der Waals surface area contributed by atoms with Gasteiger partial charge >= 0.3 is 0 Å². The summed E-state index contributed by atoms with van der Waals surface area (Å²) in [4.78, 5) is 15.0. The van der Waals surface area contributed by atoms with Crippen molar-refractivity contribution in [2.24, 2.45) is 0 Å². The second kappa shape index (κ2) is 9.24. The first kappa shape index (κ1) is 19.7. The Kier molecular flexibility index (Phi) is 6.74. The van der Waals surface area contributed by atoms with E-state index in [9.17, 15) is 4.79 Å². The molecule has 1 N–H and O–H groups in total. The predicted molar refractivity (Wildman–Crippen MR) is 109 cm³/mol. The highest BCUT2D eigenvalue weighted by molar-refractivity contribution is 7.07. The van der Waals surface area contributed by atoms with Gasteiger partial charge in [0, 0.05) is 12.6 Å². The fourth-order valence-electron chi connectivity index (χ4n) is 3.74. The molecule has 1 fully saturated rings. The average molecular weight is 389 g/mol. The van der Waals surface area contributed by atoms with Crippen molar-refractivity contribution < 1.29 is 14.3 Å². The summed E-state index contributed by atoms with van der Waals surface area (Å²) in [7, 11) is 3.26. The van der Waals surface area contributed by atoms with E-state index in [0.29, 0.717) is 24.1 Å². The van der Waals surface area contributed by atoms with Crippen molar-refractivity contribution in [1.82, 2.24) is 10.2 Å². The number of carbonyl (C=O) groups excluding carboxylic acids is 1. The molecule has 0 saturated carbocycles. The van der Waals surface area contributed by atoms with Crippen LogP contribution in [0.4, 0.5) is 0 Å². The minimum Gasteiger partial charge on any atom is -0.493 e. The highest BCUT2D eigenvalue weighted by Crippen LogP contribution is 2.34. The maximum absolute atomic E-state index is 12.7. The molecule has 0 bridgehead atoms. The zero-order valence-electron chi connectivity index (χ0n) is 16.2. The topological polar surface area (TPSA) is 50.8 Å². The fourth-order valence-corrected chi connectivity index (χ4v) is 4.45. The summed E-state index contributed by atoms with van der Waals surface area (Å²) in [5, 5.41) is 7.40. The number of hydrogen-bond donors (Lipinski definition) is 1. The second-order valence-electron chi connectivity index (χ2n) is 6.86. The van der Waals surface area contributed by atoms with E-state index in [0.717, 1.165) is 31.4 Å². The number of amides is 1. The van der Waals surface area contributed by atoms with E-state index in [2.05, 4.69) is 27.0 Å². The van der Waals surface area contributed by atoms with Crippen molar-refractivity contribution in [3.8, 4) is 11.5 Å². The van der Waals surface area contributed by atoms with Crippen LogP contribution >= 0.6 is 11.3 Å². The fraction of sp³-hybridized carbons (Fsp3) is 0.476. The normalized spacial score (nSPS) is 18.3. The van der Waals surface area contributed by atoms with E-state index in [4.69, 9.17) is 9.47 Å². The minimum atomic E-state index is -0.122. The van der Waals surface area contributed by atoms with Crippen molar-refractivity contribution in [3.63, 3.8) is 0 Å². The lowest BCUT2D eigenvalue weighted by Gasteiger charge is -2.29. The van der Waals surface area contributed by atoms with Crippen molar-refractivity contribution in [2.45, 2.75) is 38.3 Å². The maximum atomic E-state index is 12.7. The summed E-state index contributed by atoms with van der Waals surface area (Å²) in [6.45, 7) is 3.59. The first-order valence-electron chi connectivity index (χ1n) is 9.40. The van der Waals surface area contributed by atoms with Gasteiger partial charge in [0.2, 0.25) is 5.91 Å². The molecule has 6 heteroatoms. The lowest BCUT2D eigenvalue weighted by atomic mass is 10.1. The number of nitrogens with zero attached hydrogens (tertiary/aromatic N) is 1. The Morgan fingerprint density at radius 3 is 2.81 bits per heavy atom. The molecule has 1 aromatic heterocycles. The van der Waals surface area contributed by atoms with Crippen LogP contribution in [0.25, 0.3) is 0 Å². The predicted octanol–water partition coefficient (Wildman–Crippen LogP) is 3.65. The van der Waals surface area contributed by atoms with E-state index < -0.39 is 0 Å². The van der Waals surface area contributed by atoms with E-state index in [1.807, 2.05) is 25.1 Å². The van der Waals surface area contributed by atoms with E-state index in [-0.39, 0.29) is 11.9 Å². The first-order chi connectivity index (χ1) is 13.1. The van der Waals surface area contributed by atoms with Crippen LogP contribution in [0.5, 0.6) is 11.5 Å². The molecule has 1 aliphatic heterocycles. The Morgan fingerprint density at radius 2 is 2.11 bits per heavy atom. The number of ether oxygens (including phenoxy) is 2. The number of carbonyl (C=O) groups is 1. The van der Waals surface area contributed by atoms with Crippen LogP contribution in [0.1, 0.15) is 36.9 Å². The third-order valence-corrected chi connectivity index (χ3v) is 5.96. The van der Waals surface area contributed by atoms with Gasteiger partial charge in [0.15, 0.2) is 11.5 Å². The van der Waals surface area contributed by atoms with Gasteiger partial charge in [0.25, 0.3) is 0 Å². The van der Waals surface area contributed by atoms with Gasteiger partial charge in [-0.1, -0.05) is 6.07 Å². The number of hydrogen-bond acceptors (Lipinski definition) is 5. The van der Waals surface area contributed by atoms with Crippen LogP contribution in [0.2, 0.25) is 0 Å². The lowest BCUT2D eigenvalue weighted by Crippen LogP contribution is -2.45. The number of benzene rings is 1. The van der Waals surface area contributed by atoms with Gasteiger partial charge in [-0.3, -0.25) is 9.69 Å².